The van der Waals surface area contributed by atoms with E-state index in [1.807, 2.05) is 60.5 Å². The Hall–Kier alpha value is -2.66. The van der Waals surface area contributed by atoms with Crippen molar-refractivity contribution in [2.24, 2.45) is 5.10 Å². The molecule has 0 aliphatic carbocycles. The molecule has 0 atom stereocenters. The highest BCUT2D eigenvalue weighted by molar-refractivity contribution is 5.94. The lowest BCUT2D eigenvalue weighted by atomic mass is 9.87. The first-order valence-electron chi connectivity index (χ1n) is 8.67. The van der Waals surface area contributed by atoms with Gasteiger partial charge in [0.15, 0.2) is 0 Å². The third-order valence-electron chi connectivity index (χ3n) is 4.16. The van der Waals surface area contributed by atoms with Gasteiger partial charge in [-0.3, -0.25) is 4.79 Å². The Morgan fingerprint density at radius 1 is 1.12 bits per heavy atom. The molecule has 2 N–H and O–H groups in total. The van der Waals surface area contributed by atoms with Crippen LogP contribution in [0.15, 0.2) is 53.6 Å². The summed E-state index contributed by atoms with van der Waals surface area (Å²) >= 11 is 0. The molecule has 0 bridgehead atoms. The summed E-state index contributed by atoms with van der Waals surface area (Å²) < 4.78 is 0. The van der Waals surface area contributed by atoms with E-state index in [4.69, 9.17) is 5.11 Å². The number of hydrogen-bond donors (Lipinski definition) is 2. The van der Waals surface area contributed by atoms with Crippen LogP contribution in [0.5, 0.6) is 0 Å². The molecule has 0 aromatic heterocycles. The molecule has 0 spiro atoms. The highest BCUT2D eigenvalue weighted by atomic mass is 16.3. The molecule has 0 radical (unpaired) electrons. The molecule has 5 heteroatoms. The molecule has 2 aromatic carbocycles. The summed E-state index contributed by atoms with van der Waals surface area (Å²) in [4.78, 5) is 14.1. The number of hydrazone groups is 1. The number of amides is 1. The lowest BCUT2D eigenvalue weighted by Gasteiger charge is -2.18. The van der Waals surface area contributed by atoms with E-state index in [1.165, 1.54) is 5.56 Å². The number of nitrogens with zero attached hydrogens (tertiary/aromatic N) is 2. The summed E-state index contributed by atoms with van der Waals surface area (Å²) in [5.41, 5.74) is 6.27. The van der Waals surface area contributed by atoms with Gasteiger partial charge in [0.2, 0.25) is 0 Å². The summed E-state index contributed by atoms with van der Waals surface area (Å²) in [5.74, 6) is -0.235. The first-order chi connectivity index (χ1) is 12.3. The molecule has 2 aromatic rings. The number of carbonyl (C=O) groups is 1. The Labute approximate surface area is 155 Å². The van der Waals surface area contributed by atoms with Crippen molar-refractivity contribution >= 4 is 17.8 Å². The zero-order valence-electron chi connectivity index (χ0n) is 15.9. The second-order valence-corrected chi connectivity index (χ2v) is 7.26. The van der Waals surface area contributed by atoms with Crippen LogP contribution >= 0.6 is 0 Å². The van der Waals surface area contributed by atoms with Gasteiger partial charge in [0.25, 0.3) is 5.91 Å². The van der Waals surface area contributed by atoms with Crippen LogP contribution in [-0.4, -0.2) is 37.4 Å². The fourth-order valence-electron chi connectivity index (χ4n) is 2.45. The fraction of sp³-hybridized carbons (Fsp3) is 0.333. The molecule has 0 unspecified atom stereocenters. The van der Waals surface area contributed by atoms with Gasteiger partial charge < -0.3 is 10.0 Å². The van der Waals surface area contributed by atoms with Crippen molar-refractivity contribution in [3.63, 3.8) is 0 Å². The maximum atomic E-state index is 12.2. The Balaban J connectivity index is 1.94. The zero-order chi connectivity index (χ0) is 19.2. The topological polar surface area (TPSA) is 64.9 Å². The molecule has 0 saturated carbocycles. The van der Waals surface area contributed by atoms with Crippen LogP contribution in [0.2, 0.25) is 0 Å². The molecule has 0 fully saturated rings. The average molecular weight is 353 g/mol. The number of aliphatic hydroxyl groups excluding tert-OH is 1. The molecule has 5 nitrogen and oxygen atoms in total. The molecule has 2 rings (SSSR count). The Bertz CT molecular complexity index is 744. The predicted octanol–water partition coefficient (Wildman–Crippen LogP) is 3.18. The normalized spacial score (nSPS) is 11.6. The first kappa shape index (κ1) is 19.7. The van der Waals surface area contributed by atoms with Crippen LogP contribution in [0, 0.1) is 0 Å². The van der Waals surface area contributed by atoms with Crippen LogP contribution in [0.25, 0.3) is 0 Å². The largest absolute Gasteiger partial charge is 0.395 e. The van der Waals surface area contributed by atoms with Crippen molar-refractivity contribution in [2.45, 2.75) is 26.2 Å². The smallest absolute Gasteiger partial charge is 0.271 e. The number of benzene rings is 2. The molecular weight excluding hydrogens is 326 g/mol. The molecular formula is C21H27N3O2. The van der Waals surface area contributed by atoms with Gasteiger partial charge >= 0.3 is 0 Å². The summed E-state index contributed by atoms with van der Waals surface area (Å²) in [6.07, 6.45) is 1.61. The lowest BCUT2D eigenvalue weighted by Crippen LogP contribution is -2.21. The number of aliphatic hydroxyl groups is 1. The van der Waals surface area contributed by atoms with E-state index >= 15 is 0 Å². The molecule has 0 aliphatic rings. The Morgan fingerprint density at radius 3 is 2.27 bits per heavy atom. The van der Waals surface area contributed by atoms with Crippen LogP contribution < -0.4 is 10.3 Å². The summed E-state index contributed by atoms with van der Waals surface area (Å²) in [6.45, 7) is 7.11. The quantitative estimate of drug-likeness (QED) is 0.619. The fourth-order valence-corrected chi connectivity index (χ4v) is 2.45. The monoisotopic (exact) mass is 353 g/mol. The third-order valence-corrected chi connectivity index (χ3v) is 4.16. The second-order valence-electron chi connectivity index (χ2n) is 7.26. The van der Waals surface area contributed by atoms with Crippen molar-refractivity contribution in [1.82, 2.24) is 5.43 Å². The highest BCUT2D eigenvalue weighted by Crippen LogP contribution is 2.22. The summed E-state index contributed by atoms with van der Waals surface area (Å²) in [5, 5.41) is 13.0. The number of anilines is 1. The number of rotatable bonds is 6. The van der Waals surface area contributed by atoms with Crippen LogP contribution in [0.4, 0.5) is 5.69 Å². The van der Waals surface area contributed by atoms with Gasteiger partial charge in [-0.15, -0.1) is 0 Å². The van der Waals surface area contributed by atoms with Gasteiger partial charge in [-0.05, 0) is 40.8 Å². The SMILES string of the molecule is CN(CCO)c1ccc(/C=N/NC(=O)c2ccc(C(C)(C)C)cc2)cc1. The number of carbonyl (C=O) groups excluding carboxylic acids is 1. The summed E-state index contributed by atoms with van der Waals surface area (Å²) in [6, 6.07) is 15.3. The van der Waals surface area contributed by atoms with Gasteiger partial charge in [-0.2, -0.15) is 5.10 Å². The van der Waals surface area contributed by atoms with E-state index < -0.39 is 0 Å². The minimum absolute atomic E-state index is 0.0601. The van der Waals surface area contributed by atoms with E-state index in [1.54, 1.807) is 6.21 Å². The van der Waals surface area contributed by atoms with Crippen molar-refractivity contribution < 1.29 is 9.90 Å². The molecule has 0 saturated heterocycles. The van der Waals surface area contributed by atoms with E-state index in [0.717, 1.165) is 11.3 Å². The van der Waals surface area contributed by atoms with Crippen molar-refractivity contribution in [1.29, 1.82) is 0 Å². The van der Waals surface area contributed by atoms with E-state index in [0.29, 0.717) is 12.1 Å². The number of hydrogen-bond acceptors (Lipinski definition) is 4. The third kappa shape index (κ3) is 5.43. The molecule has 26 heavy (non-hydrogen) atoms. The van der Waals surface area contributed by atoms with Crippen molar-refractivity contribution in [2.75, 3.05) is 25.1 Å². The van der Waals surface area contributed by atoms with Crippen molar-refractivity contribution in [3.8, 4) is 0 Å². The van der Waals surface area contributed by atoms with Gasteiger partial charge in [0.1, 0.15) is 0 Å². The summed E-state index contributed by atoms with van der Waals surface area (Å²) in [7, 11) is 1.92. The maximum absolute atomic E-state index is 12.2. The second kappa shape index (κ2) is 8.63. The Morgan fingerprint density at radius 2 is 1.73 bits per heavy atom. The predicted molar refractivity (Wildman–Crippen MR) is 107 cm³/mol. The zero-order valence-corrected chi connectivity index (χ0v) is 15.9. The van der Waals surface area contributed by atoms with Gasteiger partial charge in [-0.25, -0.2) is 5.43 Å². The minimum Gasteiger partial charge on any atom is -0.395 e. The molecule has 0 heterocycles. The van der Waals surface area contributed by atoms with Crippen LogP contribution in [0.3, 0.4) is 0 Å². The van der Waals surface area contributed by atoms with Crippen molar-refractivity contribution in [3.05, 3.63) is 65.2 Å². The molecule has 138 valence electrons. The van der Waals surface area contributed by atoms with Crippen LogP contribution in [0.1, 0.15) is 42.3 Å². The first-order valence-corrected chi connectivity index (χ1v) is 8.67. The average Bonchev–Trinajstić information content (AvgIpc) is 2.62. The van der Waals surface area contributed by atoms with E-state index in [9.17, 15) is 4.79 Å². The maximum Gasteiger partial charge on any atom is 0.271 e. The lowest BCUT2D eigenvalue weighted by molar-refractivity contribution is 0.0955. The Kier molecular flexibility index (Phi) is 6.52. The number of likely N-dealkylation sites (N-methyl/N-ethyl adjacent to an activating group) is 1. The highest BCUT2D eigenvalue weighted by Gasteiger charge is 2.14. The molecule has 0 aliphatic heterocycles. The van der Waals surface area contributed by atoms with Crippen LogP contribution in [-0.2, 0) is 5.41 Å². The van der Waals surface area contributed by atoms with Gasteiger partial charge in [0, 0.05) is 24.8 Å². The minimum atomic E-state index is -0.235. The van der Waals surface area contributed by atoms with E-state index in [2.05, 4.69) is 31.3 Å². The van der Waals surface area contributed by atoms with Gasteiger partial charge in [-0.1, -0.05) is 45.0 Å². The van der Waals surface area contributed by atoms with E-state index in [-0.39, 0.29) is 17.9 Å². The standard InChI is InChI=1S/C21H27N3O2/c1-21(2,3)18-9-7-17(8-10-18)20(26)23-22-15-16-5-11-19(12-6-16)24(4)13-14-25/h5-12,15,25H,13-14H2,1-4H3,(H,23,26)/b22-15+. The molecule has 1 amide bonds. The van der Waals surface area contributed by atoms with Gasteiger partial charge in [0.05, 0.1) is 12.8 Å². The number of nitrogens with one attached hydrogen (secondary N) is 1.